The smallest absolute Gasteiger partial charge is 0.328 e. The highest BCUT2D eigenvalue weighted by Gasteiger charge is 2.19. The van der Waals surface area contributed by atoms with Crippen LogP contribution >= 0.6 is 0 Å². The number of carbonyl (C=O) groups excluding carboxylic acids is 2. The molecule has 0 bridgehead atoms. The first-order valence-corrected chi connectivity index (χ1v) is 6.22. The van der Waals surface area contributed by atoms with Crippen molar-refractivity contribution >= 4 is 12.1 Å². The summed E-state index contributed by atoms with van der Waals surface area (Å²) in [6, 6.07) is -1.21. The molecule has 1 aliphatic heterocycles. The van der Waals surface area contributed by atoms with Crippen molar-refractivity contribution in [1.29, 1.82) is 0 Å². The number of aliphatic hydroxyl groups excluding tert-OH is 4. The average Bonchev–Trinajstić information content (AvgIpc) is 2.49. The van der Waals surface area contributed by atoms with E-state index >= 15 is 0 Å². The van der Waals surface area contributed by atoms with Crippen LogP contribution in [0.5, 0.6) is 0 Å². The van der Waals surface area contributed by atoms with E-state index in [4.69, 9.17) is 25.2 Å². The van der Waals surface area contributed by atoms with Crippen LogP contribution in [0.15, 0.2) is 23.9 Å². The van der Waals surface area contributed by atoms with Crippen molar-refractivity contribution in [2.24, 2.45) is 11.5 Å². The summed E-state index contributed by atoms with van der Waals surface area (Å²) in [4.78, 5) is 22.4. The second-order valence-electron chi connectivity index (χ2n) is 3.81. The molecule has 22 heavy (non-hydrogen) atoms. The number of hydrogen-bond donors (Lipinski definition) is 6. The molecule has 0 saturated heterocycles. The number of allylic oxidation sites excluding steroid dienone is 1. The standard InChI is InChI=1S/C6H10N2O3.C5H10O2.CH4N2O/c9-4-7-2-1-3-8(5-10)6(7)11;1-2-5(3-6)4-7;2-1(3)4/h1-2,9-10H,3-5H2;2,6-7H,3-4H2,1H3;(H4,2,3,4). The fourth-order valence-corrected chi connectivity index (χ4v) is 1.08. The molecule has 1 rings (SSSR count). The van der Waals surface area contributed by atoms with Crippen LogP contribution in [0.1, 0.15) is 6.92 Å². The second kappa shape index (κ2) is 13.8. The lowest BCUT2D eigenvalue weighted by atomic mass is 10.3. The fraction of sp³-hybridized carbons (Fsp3) is 0.500. The molecule has 128 valence electrons. The predicted molar refractivity (Wildman–Crippen MR) is 79.0 cm³/mol. The monoisotopic (exact) mass is 320 g/mol. The van der Waals surface area contributed by atoms with E-state index < -0.39 is 6.03 Å². The molecule has 1 heterocycles. The van der Waals surface area contributed by atoms with Crippen molar-refractivity contribution in [3.63, 3.8) is 0 Å². The molecule has 0 aromatic heterocycles. The van der Waals surface area contributed by atoms with Gasteiger partial charge in [0.25, 0.3) is 0 Å². The maximum atomic E-state index is 11.1. The van der Waals surface area contributed by atoms with Crippen molar-refractivity contribution in [3.05, 3.63) is 23.9 Å². The van der Waals surface area contributed by atoms with Crippen LogP contribution in [0.3, 0.4) is 0 Å². The van der Waals surface area contributed by atoms with Gasteiger partial charge in [-0.25, -0.2) is 9.59 Å². The fourth-order valence-electron chi connectivity index (χ4n) is 1.08. The van der Waals surface area contributed by atoms with Gasteiger partial charge >= 0.3 is 12.1 Å². The Morgan fingerprint density at radius 1 is 1.23 bits per heavy atom. The Balaban J connectivity index is 0. The Morgan fingerprint density at radius 2 is 1.73 bits per heavy atom. The third-order valence-electron chi connectivity index (χ3n) is 2.26. The minimum Gasteiger partial charge on any atom is -0.392 e. The van der Waals surface area contributed by atoms with Gasteiger partial charge in [-0.15, -0.1) is 0 Å². The summed E-state index contributed by atoms with van der Waals surface area (Å²) in [6.45, 7) is 1.43. The zero-order valence-electron chi connectivity index (χ0n) is 12.4. The summed E-state index contributed by atoms with van der Waals surface area (Å²) in [7, 11) is 0. The van der Waals surface area contributed by atoms with E-state index in [1.54, 1.807) is 19.1 Å². The number of hydrogen-bond acceptors (Lipinski definition) is 6. The number of nitrogens with two attached hydrogens (primary N) is 2. The molecule has 1 aliphatic rings. The van der Waals surface area contributed by atoms with E-state index in [1.807, 2.05) is 0 Å². The molecule has 0 fully saturated rings. The van der Waals surface area contributed by atoms with E-state index in [2.05, 4.69) is 11.5 Å². The molecule has 0 aromatic carbocycles. The van der Waals surface area contributed by atoms with Crippen molar-refractivity contribution in [2.75, 3.05) is 33.2 Å². The molecule has 0 spiro atoms. The Labute approximate surface area is 128 Å². The molecule has 0 unspecified atom stereocenters. The van der Waals surface area contributed by atoms with E-state index in [1.165, 1.54) is 11.1 Å². The van der Waals surface area contributed by atoms with E-state index in [0.717, 1.165) is 4.90 Å². The largest absolute Gasteiger partial charge is 0.392 e. The Kier molecular flexibility index (Phi) is 13.9. The molecule has 10 nitrogen and oxygen atoms in total. The Bertz CT molecular complexity index is 376. The molecule has 10 heteroatoms. The maximum Gasteiger partial charge on any atom is 0.328 e. The van der Waals surface area contributed by atoms with Gasteiger partial charge in [-0.2, -0.15) is 0 Å². The van der Waals surface area contributed by atoms with Gasteiger partial charge in [0.2, 0.25) is 0 Å². The molecular formula is C12H24N4O6. The van der Waals surface area contributed by atoms with Crippen molar-refractivity contribution in [1.82, 2.24) is 9.80 Å². The lowest BCUT2D eigenvalue weighted by Crippen LogP contribution is -2.44. The van der Waals surface area contributed by atoms with Crippen LogP contribution in [0.25, 0.3) is 0 Å². The van der Waals surface area contributed by atoms with Crippen molar-refractivity contribution in [2.45, 2.75) is 6.92 Å². The van der Waals surface area contributed by atoms with Gasteiger partial charge in [0.05, 0.1) is 13.2 Å². The van der Waals surface area contributed by atoms with E-state index in [-0.39, 0.29) is 32.7 Å². The van der Waals surface area contributed by atoms with Gasteiger partial charge in [0, 0.05) is 12.7 Å². The van der Waals surface area contributed by atoms with Crippen LogP contribution in [0, 0.1) is 0 Å². The van der Waals surface area contributed by atoms with Crippen LogP contribution in [0.2, 0.25) is 0 Å². The lowest BCUT2D eigenvalue weighted by molar-refractivity contribution is 0.0831. The topological polar surface area (TPSA) is 174 Å². The molecular weight excluding hydrogens is 296 g/mol. The van der Waals surface area contributed by atoms with Crippen LogP contribution in [0.4, 0.5) is 9.59 Å². The average molecular weight is 320 g/mol. The predicted octanol–water partition coefficient (Wildman–Crippen LogP) is -1.92. The number of carbonyl (C=O) groups is 2. The first-order chi connectivity index (χ1) is 10.4. The molecule has 0 saturated carbocycles. The highest BCUT2D eigenvalue weighted by molar-refractivity contribution is 5.76. The van der Waals surface area contributed by atoms with Gasteiger partial charge in [0.1, 0.15) is 13.5 Å². The summed E-state index contributed by atoms with van der Waals surface area (Å²) >= 11 is 0. The van der Waals surface area contributed by atoms with Gasteiger partial charge < -0.3 is 31.9 Å². The molecule has 0 atom stereocenters. The number of primary amides is 2. The minimum absolute atomic E-state index is 0.0347. The zero-order chi connectivity index (χ0) is 17.5. The zero-order valence-corrected chi connectivity index (χ0v) is 12.4. The Morgan fingerprint density at radius 3 is 2.00 bits per heavy atom. The van der Waals surface area contributed by atoms with Gasteiger partial charge in [-0.1, -0.05) is 6.08 Å². The van der Waals surface area contributed by atoms with Crippen LogP contribution in [-0.4, -0.2) is 75.5 Å². The normalized spacial score (nSPS) is 12.7. The molecule has 4 amide bonds. The van der Waals surface area contributed by atoms with Crippen molar-refractivity contribution < 1.29 is 30.0 Å². The third-order valence-corrected chi connectivity index (χ3v) is 2.26. The number of rotatable bonds is 4. The molecule has 0 radical (unpaired) electrons. The highest BCUT2D eigenvalue weighted by Crippen LogP contribution is 2.04. The Hall–Kier alpha value is -2.14. The van der Waals surface area contributed by atoms with Crippen LogP contribution in [-0.2, 0) is 0 Å². The van der Waals surface area contributed by atoms with Crippen molar-refractivity contribution in [3.8, 4) is 0 Å². The first kappa shape index (κ1) is 22.1. The van der Waals surface area contributed by atoms with Gasteiger partial charge in [-0.05, 0) is 18.6 Å². The summed E-state index contributed by atoms with van der Waals surface area (Å²) < 4.78 is 0. The number of aliphatic hydroxyl groups is 4. The molecule has 0 aromatic rings. The van der Waals surface area contributed by atoms with Crippen LogP contribution < -0.4 is 11.5 Å². The number of nitrogens with zero attached hydrogens (tertiary/aromatic N) is 2. The summed E-state index contributed by atoms with van der Waals surface area (Å²) in [5.41, 5.74) is 9.17. The minimum atomic E-state index is -0.833. The lowest BCUT2D eigenvalue weighted by Gasteiger charge is -2.28. The highest BCUT2D eigenvalue weighted by atomic mass is 16.3. The summed E-state index contributed by atoms with van der Waals surface area (Å²) in [5, 5.41) is 33.9. The number of amides is 4. The molecule has 8 N–H and O–H groups in total. The molecule has 0 aliphatic carbocycles. The SMILES string of the molecule is CC=C(CO)CO.NC(N)=O.O=C1N(CO)C=CCN1CO. The maximum absolute atomic E-state index is 11.1. The van der Waals surface area contributed by atoms with Gasteiger partial charge in [-0.3, -0.25) is 9.80 Å². The first-order valence-electron chi connectivity index (χ1n) is 6.22. The van der Waals surface area contributed by atoms with E-state index in [0.29, 0.717) is 12.1 Å². The van der Waals surface area contributed by atoms with Gasteiger partial charge in [0.15, 0.2) is 0 Å². The van der Waals surface area contributed by atoms with E-state index in [9.17, 15) is 4.79 Å². The second-order valence-corrected chi connectivity index (χ2v) is 3.81. The summed E-state index contributed by atoms with van der Waals surface area (Å²) in [5.74, 6) is 0. The summed E-state index contributed by atoms with van der Waals surface area (Å²) in [6.07, 6.45) is 4.88. The third kappa shape index (κ3) is 10.6. The number of urea groups is 2. The quantitative estimate of drug-likeness (QED) is 0.329.